The molecule has 0 saturated carbocycles. The van der Waals surface area contributed by atoms with Crippen molar-refractivity contribution in [3.8, 4) is 0 Å². The number of H-pyrrole nitrogens is 1. The van der Waals surface area contributed by atoms with Gasteiger partial charge in [-0.25, -0.2) is 5.01 Å². The summed E-state index contributed by atoms with van der Waals surface area (Å²) in [6.45, 7) is 3.17. The first-order valence-electron chi connectivity index (χ1n) is 3.78. The SMILES string of the molecule is C1CN(Nc2nn[nH]n2)CCO1. The van der Waals surface area contributed by atoms with Gasteiger partial charge in [0.15, 0.2) is 0 Å². The van der Waals surface area contributed by atoms with Gasteiger partial charge in [-0.05, 0) is 5.21 Å². The van der Waals surface area contributed by atoms with E-state index in [1.165, 1.54) is 0 Å². The molecule has 2 N–H and O–H groups in total. The Morgan fingerprint density at radius 3 is 2.92 bits per heavy atom. The summed E-state index contributed by atoms with van der Waals surface area (Å²) in [4.78, 5) is 0. The van der Waals surface area contributed by atoms with Crippen LogP contribution in [-0.2, 0) is 4.74 Å². The van der Waals surface area contributed by atoms with Gasteiger partial charge in [0.1, 0.15) is 0 Å². The van der Waals surface area contributed by atoms with Gasteiger partial charge in [-0.15, -0.1) is 5.10 Å². The smallest absolute Gasteiger partial charge is 0.277 e. The zero-order chi connectivity index (χ0) is 8.23. The molecule has 1 aromatic heterocycles. The minimum absolute atomic E-state index is 0.497. The van der Waals surface area contributed by atoms with Crippen LogP contribution in [0.15, 0.2) is 0 Å². The second-order valence-electron chi connectivity index (χ2n) is 2.45. The molecule has 0 aromatic carbocycles. The van der Waals surface area contributed by atoms with Gasteiger partial charge in [0.25, 0.3) is 5.95 Å². The highest BCUT2D eigenvalue weighted by molar-refractivity contribution is 5.16. The number of morpholine rings is 1. The molecule has 7 nitrogen and oxygen atoms in total. The Labute approximate surface area is 69.1 Å². The van der Waals surface area contributed by atoms with Gasteiger partial charge in [-0.1, -0.05) is 5.10 Å². The molecule has 1 saturated heterocycles. The van der Waals surface area contributed by atoms with Crippen molar-refractivity contribution in [1.82, 2.24) is 25.6 Å². The van der Waals surface area contributed by atoms with Gasteiger partial charge < -0.3 is 4.74 Å². The van der Waals surface area contributed by atoms with E-state index in [0.717, 1.165) is 26.3 Å². The number of hydrazine groups is 1. The lowest BCUT2D eigenvalue weighted by molar-refractivity contribution is 0.0492. The molecule has 0 radical (unpaired) electrons. The molecule has 1 fully saturated rings. The first-order valence-corrected chi connectivity index (χ1v) is 3.78. The topological polar surface area (TPSA) is 79.0 Å². The van der Waals surface area contributed by atoms with Gasteiger partial charge >= 0.3 is 0 Å². The number of hydrogen-bond acceptors (Lipinski definition) is 6. The van der Waals surface area contributed by atoms with E-state index in [0.29, 0.717) is 5.95 Å². The maximum Gasteiger partial charge on any atom is 0.277 e. The molecule has 2 rings (SSSR count). The Balaban J connectivity index is 1.86. The average Bonchev–Trinajstić information content (AvgIpc) is 2.59. The summed E-state index contributed by atoms with van der Waals surface area (Å²) in [6, 6.07) is 0. The van der Waals surface area contributed by atoms with E-state index in [-0.39, 0.29) is 0 Å². The summed E-state index contributed by atoms with van der Waals surface area (Å²) in [5.74, 6) is 0.497. The molecular formula is C5H10N6O. The van der Waals surface area contributed by atoms with Gasteiger partial charge in [0, 0.05) is 13.1 Å². The van der Waals surface area contributed by atoms with Gasteiger partial charge in [0.05, 0.1) is 13.2 Å². The van der Waals surface area contributed by atoms with Crippen molar-refractivity contribution in [2.24, 2.45) is 0 Å². The maximum absolute atomic E-state index is 5.17. The predicted octanol–water partition coefficient (Wildman–Crippen LogP) is -1.14. The van der Waals surface area contributed by atoms with Crippen LogP contribution in [0.5, 0.6) is 0 Å². The van der Waals surface area contributed by atoms with Crippen LogP contribution in [0.3, 0.4) is 0 Å². The number of aromatic nitrogens is 4. The minimum Gasteiger partial charge on any atom is -0.379 e. The summed E-state index contributed by atoms with van der Waals surface area (Å²) in [7, 11) is 0. The van der Waals surface area contributed by atoms with Crippen molar-refractivity contribution in [1.29, 1.82) is 0 Å². The van der Waals surface area contributed by atoms with E-state index in [9.17, 15) is 0 Å². The van der Waals surface area contributed by atoms with Crippen molar-refractivity contribution in [3.05, 3.63) is 0 Å². The molecule has 12 heavy (non-hydrogen) atoms. The van der Waals surface area contributed by atoms with E-state index in [1.807, 2.05) is 5.01 Å². The quantitative estimate of drug-likeness (QED) is 0.584. The fraction of sp³-hybridized carbons (Fsp3) is 0.800. The third-order valence-electron chi connectivity index (χ3n) is 1.61. The van der Waals surface area contributed by atoms with E-state index < -0.39 is 0 Å². The first-order chi connectivity index (χ1) is 5.95. The molecule has 2 heterocycles. The molecule has 66 valence electrons. The highest BCUT2D eigenvalue weighted by atomic mass is 16.5. The molecule has 0 bridgehead atoms. The van der Waals surface area contributed by atoms with Crippen LogP contribution < -0.4 is 5.43 Å². The molecule has 1 aliphatic heterocycles. The van der Waals surface area contributed by atoms with E-state index in [1.54, 1.807) is 0 Å². The molecule has 0 aliphatic carbocycles. The molecular weight excluding hydrogens is 160 g/mol. The molecule has 1 aliphatic rings. The summed E-state index contributed by atoms with van der Waals surface area (Å²) < 4.78 is 5.17. The number of aromatic amines is 1. The molecule has 0 unspecified atom stereocenters. The van der Waals surface area contributed by atoms with Crippen LogP contribution in [0.2, 0.25) is 0 Å². The second kappa shape index (κ2) is 3.46. The first kappa shape index (κ1) is 7.44. The van der Waals surface area contributed by atoms with Gasteiger partial charge in [0.2, 0.25) is 0 Å². The minimum atomic E-state index is 0.497. The lowest BCUT2D eigenvalue weighted by Gasteiger charge is -2.25. The number of anilines is 1. The Bertz CT molecular complexity index is 218. The molecule has 0 spiro atoms. The number of ether oxygens (including phenoxy) is 1. The zero-order valence-corrected chi connectivity index (χ0v) is 6.53. The molecule has 1 aromatic rings. The van der Waals surface area contributed by atoms with Gasteiger partial charge in [-0.3, -0.25) is 5.43 Å². The number of nitrogens with zero attached hydrogens (tertiary/aromatic N) is 4. The Hall–Kier alpha value is -1.21. The van der Waals surface area contributed by atoms with Crippen molar-refractivity contribution in [3.63, 3.8) is 0 Å². The fourth-order valence-electron chi connectivity index (χ4n) is 1.03. The standard InChI is InChI=1S/C5H10N6O/c1-3-12-4-2-11(1)8-5-6-9-10-7-5/h1-4H2,(H2,6,7,8,9,10). The van der Waals surface area contributed by atoms with E-state index >= 15 is 0 Å². The van der Waals surface area contributed by atoms with Crippen molar-refractivity contribution < 1.29 is 4.74 Å². The molecule has 0 amide bonds. The van der Waals surface area contributed by atoms with Crippen molar-refractivity contribution >= 4 is 5.95 Å². The number of rotatable bonds is 2. The fourth-order valence-corrected chi connectivity index (χ4v) is 1.03. The maximum atomic E-state index is 5.17. The number of hydrogen-bond donors (Lipinski definition) is 2. The highest BCUT2D eigenvalue weighted by Crippen LogP contribution is 1.98. The summed E-state index contributed by atoms with van der Waals surface area (Å²) in [5.41, 5.74) is 3.00. The lowest BCUT2D eigenvalue weighted by atomic mass is 10.5. The highest BCUT2D eigenvalue weighted by Gasteiger charge is 2.10. The van der Waals surface area contributed by atoms with Crippen LogP contribution in [-0.4, -0.2) is 51.9 Å². The normalized spacial score (nSPS) is 19.3. The monoisotopic (exact) mass is 170 g/mol. The molecule has 7 heteroatoms. The van der Waals surface area contributed by atoms with Crippen molar-refractivity contribution in [2.45, 2.75) is 0 Å². The summed E-state index contributed by atoms with van der Waals surface area (Å²) in [6.07, 6.45) is 0. The Morgan fingerprint density at radius 2 is 2.25 bits per heavy atom. The third kappa shape index (κ3) is 1.69. The van der Waals surface area contributed by atoms with Crippen LogP contribution in [0.1, 0.15) is 0 Å². The van der Waals surface area contributed by atoms with Crippen LogP contribution in [0.4, 0.5) is 5.95 Å². The van der Waals surface area contributed by atoms with Crippen LogP contribution in [0, 0.1) is 0 Å². The largest absolute Gasteiger partial charge is 0.379 e. The zero-order valence-electron chi connectivity index (χ0n) is 6.53. The predicted molar refractivity (Wildman–Crippen MR) is 40.2 cm³/mol. The van der Waals surface area contributed by atoms with Crippen LogP contribution in [0.25, 0.3) is 0 Å². The van der Waals surface area contributed by atoms with E-state index in [4.69, 9.17) is 4.74 Å². The number of nitrogens with one attached hydrogen (secondary N) is 2. The average molecular weight is 170 g/mol. The lowest BCUT2D eigenvalue weighted by Crippen LogP contribution is -2.40. The van der Waals surface area contributed by atoms with Crippen LogP contribution >= 0.6 is 0 Å². The summed E-state index contributed by atoms with van der Waals surface area (Å²) in [5, 5.41) is 15.3. The van der Waals surface area contributed by atoms with E-state index in [2.05, 4.69) is 26.0 Å². The third-order valence-corrected chi connectivity index (χ3v) is 1.61. The Kier molecular flexibility index (Phi) is 2.14. The molecule has 0 atom stereocenters. The van der Waals surface area contributed by atoms with Crippen molar-refractivity contribution in [2.75, 3.05) is 31.7 Å². The second-order valence-corrected chi connectivity index (χ2v) is 2.45. The Morgan fingerprint density at radius 1 is 1.42 bits per heavy atom. The number of tetrazole rings is 1. The summed E-state index contributed by atoms with van der Waals surface area (Å²) >= 11 is 0. The van der Waals surface area contributed by atoms with Gasteiger partial charge in [-0.2, -0.15) is 5.21 Å².